The molecule has 1 unspecified atom stereocenters. The molecule has 1 atom stereocenters. The number of hydrogen-bond donors (Lipinski definition) is 1. The van der Waals surface area contributed by atoms with Crippen LogP contribution in [0.25, 0.3) is 0 Å². The molecule has 1 fully saturated rings. The third kappa shape index (κ3) is 5.37. The Labute approximate surface area is 110 Å². The van der Waals surface area contributed by atoms with Gasteiger partial charge in [0.15, 0.2) is 5.96 Å². The smallest absolute Gasteiger partial charge is 0.356 e. The molecule has 0 aromatic heterocycles. The van der Waals surface area contributed by atoms with Gasteiger partial charge in [-0.2, -0.15) is 24.9 Å². The van der Waals surface area contributed by atoms with Crippen molar-refractivity contribution in [3.05, 3.63) is 0 Å². The van der Waals surface area contributed by atoms with Gasteiger partial charge in [0.25, 0.3) is 0 Å². The molecule has 0 amide bonds. The highest BCUT2D eigenvalue weighted by atomic mass is 32.2. The number of hydrogen-bond acceptors (Lipinski definition) is 2. The predicted molar refractivity (Wildman–Crippen MR) is 70.1 cm³/mol. The molecule has 0 radical (unpaired) electrons. The maximum atomic E-state index is 12.1. The number of guanidine groups is 1. The van der Waals surface area contributed by atoms with Gasteiger partial charge in [0.1, 0.15) is 0 Å². The zero-order valence-corrected chi connectivity index (χ0v) is 11.6. The van der Waals surface area contributed by atoms with Crippen LogP contribution in [0.2, 0.25) is 0 Å². The van der Waals surface area contributed by atoms with Crippen LogP contribution in [-0.2, 0) is 0 Å². The SMILES string of the molecule is CCC1CN(C(=NC)NCCC(F)(F)F)CCS1. The van der Waals surface area contributed by atoms with E-state index in [4.69, 9.17) is 0 Å². The quantitative estimate of drug-likeness (QED) is 0.636. The van der Waals surface area contributed by atoms with Gasteiger partial charge in [-0.25, -0.2) is 0 Å². The second-order valence-corrected chi connectivity index (χ2v) is 5.59. The van der Waals surface area contributed by atoms with Gasteiger partial charge < -0.3 is 10.2 Å². The van der Waals surface area contributed by atoms with Crippen LogP contribution in [0.5, 0.6) is 0 Å². The van der Waals surface area contributed by atoms with Crippen molar-refractivity contribution in [1.82, 2.24) is 10.2 Å². The summed E-state index contributed by atoms with van der Waals surface area (Å²) in [7, 11) is 1.61. The molecule has 1 heterocycles. The van der Waals surface area contributed by atoms with Crippen molar-refractivity contribution in [3.8, 4) is 0 Å². The molecule has 106 valence electrons. The maximum Gasteiger partial charge on any atom is 0.390 e. The first-order valence-corrected chi connectivity index (χ1v) is 7.15. The van der Waals surface area contributed by atoms with E-state index in [2.05, 4.69) is 17.2 Å². The van der Waals surface area contributed by atoms with Crippen molar-refractivity contribution < 1.29 is 13.2 Å². The molecule has 0 aliphatic carbocycles. The summed E-state index contributed by atoms with van der Waals surface area (Å²) in [5.41, 5.74) is 0. The van der Waals surface area contributed by atoms with Crippen LogP contribution >= 0.6 is 11.8 Å². The summed E-state index contributed by atoms with van der Waals surface area (Å²) < 4.78 is 36.2. The van der Waals surface area contributed by atoms with E-state index >= 15 is 0 Å². The zero-order chi connectivity index (χ0) is 13.6. The first-order chi connectivity index (χ1) is 8.46. The third-order valence-electron chi connectivity index (χ3n) is 2.80. The van der Waals surface area contributed by atoms with E-state index < -0.39 is 12.6 Å². The van der Waals surface area contributed by atoms with Gasteiger partial charge in [-0.15, -0.1) is 0 Å². The number of nitrogens with zero attached hydrogens (tertiary/aromatic N) is 2. The summed E-state index contributed by atoms with van der Waals surface area (Å²) in [4.78, 5) is 6.10. The van der Waals surface area contributed by atoms with Gasteiger partial charge >= 0.3 is 6.18 Å². The monoisotopic (exact) mass is 283 g/mol. The van der Waals surface area contributed by atoms with Crippen LogP contribution in [0.3, 0.4) is 0 Å². The molecular weight excluding hydrogens is 263 g/mol. The summed E-state index contributed by atoms with van der Waals surface area (Å²) in [6.45, 7) is 3.71. The first kappa shape index (κ1) is 15.5. The summed E-state index contributed by atoms with van der Waals surface area (Å²) in [6.07, 6.45) is -3.87. The lowest BCUT2D eigenvalue weighted by molar-refractivity contribution is -0.132. The van der Waals surface area contributed by atoms with Crippen molar-refractivity contribution in [2.75, 3.05) is 32.4 Å². The number of aliphatic imine (C=N–C) groups is 1. The van der Waals surface area contributed by atoms with Crippen molar-refractivity contribution in [2.24, 2.45) is 4.99 Å². The molecule has 0 saturated carbocycles. The fourth-order valence-corrected chi connectivity index (χ4v) is 2.99. The lowest BCUT2D eigenvalue weighted by atomic mass is 10.3. The fourth-order valence-electron chi connectivity index (χ4n) is 1.81. The van der Waals surface area contributed by atoms with E-state index in [-0.39, 0.29) is 6.54 Å². The molecule has 0 aromatic rings. The first-order valence-electron chi connectivity index (χ1n) is 6.10. The van der Waals surface area contributed by atoms with Crippen molar-refractivity contribution in [1.29, 1.82) is 0 Å². The number of alkyl halides is 3. The zero-order valence-electron chi connectivity index (χ0n) is 10.8. The van der Waals surface area contributed by atoms with E-state index in [1.807, 2.05) is 16.7 Å². The predicted octanol–water partition coefficient (Wildman–Crippen LogP) is 2.34. The Morgan fingerprint density at radius 1 is 1.50 bits per heavy atom. The minimum atomic E-state index is -4.12. The Hall–Kier alpha value is -0.590. The van der Waals surface area contributed by atoms with Gasteiger partial charge in [-0.1, -0.05) is 6.92 Å². The van der Waals surface area contributed by atoms with Gasteiger partial charge in [-0.3, -0.25) is 4.99 Å². The summed E-state index contributed by atoms with van der Waals surface area (Å²) in [6, 6.07) is 0. The second-order valence-electron chi connectivity index (χ2n) is 4.19. The molecule has 0 spiro atoms. The highest BCUT2D eigenvalue weighted by Crippen LogP contribution is 2.21. The number of halogens is 3. The summed E-state index contributed by atoms with van der Waals surface area (Å²) >= 11 is 1.92. The van der Waals surface area contributed by atoms with E-state index in [1.165, 1.54) is 0 Å². The van der Waals surface area contributed by atoms with Gasteiger partial charge in [0.05, 0.1) is 6.42 Å². The van der Waals surface area contributed by atoms with Crippen molar-refractivity contribution >= 4 is 17.7 Å². The average Bonchev–Trinajstić information content (AvgIpc) is 2.33. The maximum absolute atomic E-state index is 12.1. The molecule has 7 heteroatoms. The summed E-state index contributed by atoms with van der Waals surface area (Å²) in [5.74, 6) is 1.58. The Morgan fingerprint density at radius 3 is 2.78 bits per heavy atom. The Morgan fingerprint density at radius 2 is 2.22 bits per heavy atom. The molecule has 3 nitrogen and oxygen atoms in total. The molecular formula is C11H20F3N3S. The summed E-state index contributed by atoms with van der Waals surface area (Å²) in [5, 5.41) is 3.33. The standard InChI is InChI=1S/C11H20F3N3S/c1-3-9-8-17(6-7-18-9)10(15-2)16-5-4-11(12,13)14/h9H,3-8H2,1-2H3,(H,15,16). The Bertz CT molecular complexity index is 281. The van der Waals surface area contributed by atoms with Crippen LogP contribution in [0.15, 0.2) is 4.99 Å². The van der Waals surface area contributed by atoms with Gasteiger partial charge in [0.2, 0.25) is 0 Å². The highest BCUT2D eigenvalue weighted by molar-refractivity contribution is 8.00. The molecule has 0 aromatic carbocycles. The second kappa shape index (κ2) is 7.11. The van der Waals surface area contributed by atoms with E-state index in [0.717, 1.165) is 25.3 Å². The number of rotatable bonds is 3. The minimum absolute atomic E-state index is 0.114. The van der Waals surface area contributed by atoms with E-state index in [1.54, 1.807) is 7.05 Å². The number of nitrogens with one attached hydrogen (secondary N) is 1. The molecule has 1 aliphatic heterocycles. The van der Waals surface area contributed by atoms with E-state index in [9.17, 15) is 13.2 Å². The molecule has 0 bridgehead atoms. The molecule has 1 aliphatic rings. The van der Waals surface area contributed by atoms with Crippen molar-refractivity contribution in [2.45, 2.75) is 31.2 Å². The Kier molecular flexibility index (Phi) is 6.11. The van der Waals surface area contributed by atoms with Gasteiger partial charge in [-0.05, 0) is 6.42 Å². The molecule has 18 heavy (non-hydrogen) atoms. The average molecular weight is 283 g/mol. The number of thioether (sulfide) groups is 1. The van der Waals surface area contributed by atoms with E-state index in [0.29, 0.717) is 11.2 Å². The minimum Gasteiger partial charge on any atom is -0.356 e. The van der Waals surface area contributed by atoms with Crippen LogP contribution in [0.1, 0.15) is 19.8 Å². The van der Waals surface area contributed by atoms with Gasteiger partial charge in [0, 0.05) is 37.7 Å². The largest absolute Gasteiger partial charge is 0.390 e. The topological polar surface area (TPSA) is 27.6 Å². The van der Waals surface area contributed by atoms with Crippen LogP contribution < -0.4 is 5.32 Å². The lowest BCUT2D eigenvalue weighted by Crippen LogP contribution is -2.48. The fraction of sp³-hybridized carbons (Fsp3) is 0.909. The van der Waals surface area contributed by atoms with Crippen molar-refractivity contribution in [3.63, 3.8) is 0 Å². The Balaban J connectivity index is 2.41. The normalized spacial score (nSPS) is 22.2. The molecule has 1 N–H and O–H groups in total. The van der Waals surface area contributed by atoms with Crippen LogP contribution in [0.4, 0.5) is 13.2 Å². The lowest BCUT2D eigenvalue weighted by Gasteiger charge is -2.34. The molecule has 1 saturated heterocycles. The highest BCUT2D eigenvalue weighted by Gasteiger charge is 2.27. The molecule has 1 rings (SSSR count). The van der Waals surface area contributed by atoms with Crippen LogP contribution in [-0.4, -0.2) is 54.7 Å². The van der Waals surface area contributed by atoms with Crippen LogP contribution in [0, 0.1) is 0 Å². The third-order valence-corrected chi connectivity index (χ3v) is 4.17.